The van der Waals surface area contributed by atoms with Crippen molar-refractivity contribution in [2.45, 2.75) is 31.7 Å². The molecule has 1 aromatic heterocycles. The predicted molar refractivity (Wildman–Crippen MR) is 78.9 cm³/mol. The van der Waals surface area contributed by atoms with Gasteiger partial charge in [0.15, 0.2) is 0 Å². The van der Waals surface area contributed by atoms with E-state index in [2.05, 4.69) is 15.6 Å². The average Bonchev–Trinajstić information content (AvgIpc) is 3.01. The summed E-state index contributed by atoms with van der Waals surface area (Å²) in [6, 6.07) is -1.09. The van der Waals surface area contributed by atoms with Gasteiger partial charge in [0.2, 0.25) is 5.91 Å². The van der Waals surface area contributed by atoms with Crippen LogP contribution < -0.4 is 10.6 Å². The van der Waals surface area contributed by atoms with Gasteiger partial charge in [-0.05, 0) is 12.8 Å². The second kappa shape index (κ2) is 7.06. The Balaban J connectivity index is 1.67. The molecule has 22 heavy (non-hydrogen) atoms. The number of rotatable bonds is 7. The van der Waals surface area contributed by atoms with Crippen LogP contribution >= 0.6 is 0 Å². The van der Waals surface area contributed by atoms with Crippen LogP contribution in [0.1, 0.15) is 25.1 Å². The fraction of sp³-hybridized carbons (Fsp3) is 0.571. The van der Waals surface area contributed by atoms with Crippen LogP contribution in [0.5, 0.6) is 0 Å². The van der Waals surface area contributed by atoms with Crippen molar-refractivity contribution in [3.05, 3.63) is 18.2 Å². The van der Waals surface area contributed by atoms with Gasteiger partial charge in [0.25, 0.3) is 5.91 Å². The molecule has 1 aromatic rings. The van der Waals surface area contributed by atoms with Gasteiger partial charge in [-0.25, -0.2) is 9.78 Å². The highest BCUT2D eigenvalue weighted by molar-refractivity contribution is 6.04. The Morgan fingerprint density at radius 3 is 2.82 bits per heavy atom. The van der Waals surface area contributed by atoms with E-state index < -0.39 is 12.1 Å². The molecule has 1 unspecified atom stereocenters. The number of hydrogen-bond acceptors (Lipinski definition) is 4. The first-order chi connectivity index (χ1) is 10.5. The number of urea groups is 1. The van der Waals surface area contributed by atoms with E-state index in [4.69, 9.17) is 0 Å². The lowest BCUT2D eigenvalue weighted by Gasteiger charge is -2.17. The molecule has 0 aliphatic carbocycles. The van der Waals surface area contributed by atoms with Crippen LogP contribution in [0.15, 0.2) is 12.4 Å². The summed E-state index contributed by atoms with van der Waals surface area (Å²) in [5, 5.41) is 4.64. The molecule has 1 fully saturated rings. The molecule has 8 nitrogen and oxygen atoms in total. The summed E-state index contributed by atoms with van der Waals surface area (Å²) in [6.45, 7) is 0.634. The van der Waals surface area contributed by atoms with Gasteiger partial charge in [0.05, 0.1) is 0 Å². The van der Waals surface area contributed by atoms with Crippen molar-refractivity contribution in [1.29, 1.82) is 0 Å². The minimum absolute atomic E-state index is 0.0335. The zero-order chi connectivity index (χ0) is 16.1. The number of imide groups is 1. The Bertz CT molecular complexity index is 569. The van der Waals surface area contributed by atoms with Crippen LogP contribution in [-0.2, 0) is 23.1 Å². The molecular weight excluding hydrogens is 286 g/mol. The van der Waals surface area contributed by atoms with Crippen LogP contribution in [0.25, 0.3) is 0 Å². The summed E-state index contributed by atoms with van der Waals surface area (Å²) in [5.41, 5.74) is 0. The molecule has 2 rings (SSSR count). The number of carbonyl (C=O) groups is 3. The highest BCUT2D eigenvalue weighted by Crippen LogP contribution is 2.06. The lowest BCUT2D eigenvalue weighted by atomic mass is 10.1. The molecule has 0 spiro atoms. The normalized spacial score (nSPS) is 17.3. The first-order valence-corrected chi connectivity index (χ1v) is 7.29. The molecule has 0 saturated carbocycles. The molecule has 4 amide bonds. The fourth-order valence-electron chi connectivity index (χ4n) is 2.36. The number of nitrogens with zero attached hydrogens (tertiary/aromatic N) is 3. The molecule has 0 radical (unpaired) electrons. The Morgan fingerprint density at radius 1 is 1.45 bits per heavy atom. The third-order valence-corrected chi connectivity index (χ3v) is 3.75. The summed E-state index contributed by atoms with van der Waals surface area (Å²) in [4.78, 5) is 40.2. The molecule has 2 N–H and O–H groups in total. The zero-order valence-corrected chi connectivity index (χ0v) is 12.8. The summed E-state index contributed by atoms with van der Waals surface area (Å²) in [5.74, 6) is 0.593. The number of aromatic nitrogens is 2. The Kier molecular flexibility index (Phi) is 5.13. The molecule has 8 heteroatoms. The third kappa shape index (κ3) is 4.06. The molecule has 2 heterocycles. The van der Waals surface area contributed by atoms with Crippen LogP contribution in [0.2, 0.25) is 0 Å². The molecule has 0 bridgehead atoms. The summed E-state index contributed by atoms with van der Waals surface area (Å²) in [7, 11) is 3.69. The molecular formula is C14H21N5O3. The number of carbonyl (C=O) groups excluding carboxylic acids is 3. The second-order valence-electron chi connectivity index (χ2n) is 5.43. The molecule has 1 aliphatic heterocycles. The zero-order valence-electron chi connectivity index (χ0n) is 12.8. The van der Waals surface area contributed by atoms with Crippen molar-refractivity contribution < 1.29 is 14.4 Å². The van der Waals surface area contributed by atoms with Crippen molar-refractivity contribution in [2.24, 2.45) is 7.05 Å². The van der Waals surface area contributed by atoms with Crippen molar-refractivity contribution in [3.8, 4) is 0 Å². The standard InChI is InChI=1S/C14H21N5O3/c1-18-9-7-15-11(18)4-3-8-19(2)12(20)6-5-10-13(21)17-14(22)16-10/h7,9-10H,3-6,8H2,1-2H3,(H2,16,17,21,22). The predicted octanol–water partition coefficient (Wildman–Crippen LogP) is -0.201. The monoisotopic (exact) mass is 307 g/mol. The van der Waals surface area contributed by atoms with Gasteiger partial charge in [-0.2, -0.15) is 0 Å². The Hall–Kier alpha value is -2.38. The summed E-state index contributed by atoms with van der Waals surface area (Å²) in [6.07, 6.45) is 5.84. The van der Waals surface area contributed by atoms with Gasteiger partial charge in [-0.15, -0.1) is 0 Å². The van der Waals surface area contributed by atoms with E-state index in [1.807, 2.05) is 17.8 Å². The van der Waals surface area contributed by atoms with Gasteiger partial charge in [-0.1, -0.05) is 0 Å². The third-order valence-electron chi connectivity index (χ3n) is 3.75. The maximum Gasteiger partial charge on any atom is 0.322 e. The Labute approximate surface area is 128 Å². The van der Waals surface area contributed by atoms with Crippen LogP contribution in [0, 0.1) is 0 Å². The quantitative estimate of drug-likeness (QED) is 0.682. The number of nitrogens with one attached hydrogen (secondary N) is 2. The smallest absolute Gasteiger partial charge is 0.322 e. The van der Waals surface area contributed by atoms with Gasteiger partial charge in [0.1, 0.15) is 11.9 Å². The molecule has 1 aliphatic rings. The summed E-state index contributed by atoms with van der Waals surface area (Å²) >= 11 is 0. The van der Waals surface area contributed by atoms with Crippen LogP contribution in [0.4, 0.5) is 4.79 Å². The van der Waals surface area contributed by atoms with E-state index in [0.29, 0.717) is 13.0 Å². The number of amides is 4. The minimum Gasteiger partial charge on any atom is -0.346 e. The second-order valence-corrected chi connectivity index (χ2v) is 5.43. The largest absolute Gasteiger partial charge is 0.346 e. The topological polar surface area (TPSA) is 96.3 Å². The molecule has 1 saturated heterocycles. The van der Waals surface area contributed by atoms with Crippen LogP contribution in [-0.4, -0.2) is 51.9 Å². The van der Waals surface area contributed by atoms with E-state index in [9.17, 15) is 14.4 Å². The number of imidazole rings is 1. The SMILES string of the molecule is CN(CCCc1nccn1C)C(=O)CCC1NC(=O)NC1=O. The first kappa shape index (κ1) is 16.0. The van der Waals surface area contributed by atoms with E-state index in [0.717, 1.165) is 18.7 Å². The minimum atomic E-state index is -0.600. The van der Waals surface area contributed by atoms with Crippen molar-refractivity contribution in [1.82, 2.24) is 25.1 Å². The highest BCUT2D eigenvalue weighted by atomic mass is 16.2. The number of aryl methyl sites for hydroxylation is 2. The maximum absolute atomic E-state index is 12.0. The highest BCUT2D eigenvalue weighted by Gasteiger charge is 2.29. The van der Waals surface area contributed by atoms with E-state index >= 15 is 0 Å². The molecule has 120 valence electrons. The lowest BCUT2D eigenvalue weighted by Crippen LogP contribution is -2.33. The van der Waals surface area contributed by atoms with Gasteiger partial charge in [0, 0.05) is 45.9 Å². The average molecular weight is 307 g/mol. The van der Waals surface area contributed by atoms with Crippen LogP contribution in [0.3, 0.4) is 0 Å². The van der Waals surface area contributed by atoms with Gasteiger partial charge < -0.3 is 14.8 Å². The molecule has 0 aromatic carbocycles. The maximum atomic E-state index is 12.0. The van der Waals surface area contributed by atoms with Gasteiger partial charge in [-0.3, -0.25) is 14.9 Å². The van der Waals surface area contributed by atoms with Gasteiger partial charge >= 0.3 is 6.03 Å². The van der Waals surface area contributed by atoms with E-state index in [1.165, 1.54) is 0 Å². The number of hydrogen-bond donors (Lipinski definition) is 2. The van der Waals surface area contributed by atoms with E-state index in [1.54, 1.807) is 18.1 Å². The first-order valence-electron chi connectivity index (χ1n) is 7.29. The van der Waals surface area contributed by atoms with Crippen molar-refractivity contribution in [2.75, 3.05) is 13.6 Å². The van der Waals surface area contributed by atoms with Crippen molar-refractivity contribution >= 4 is 17.8 Å². The van der Waals surface area contributed by atoms with E-state index in [-0.39, 0.29) is 18.2 Å². The summed E-state index contributed by atoms with van der Waals surface area (Å²) < 4.78 is 1.96. The molecule has 1 atom stereocenters. The lowest BCUT2D eigenvalue weighted by molar-refractivity contribution is -0.130. The van der Waals surface area contributed by atoms with Crippen molar-refractivity contribution in [3.63, 3.8) is 0 Å². The fourth-order valence-corrected chi connectivity index (χ4v) is 2.36. The Morgan fingerprint density at radius 2 is 2.23 bits per heavy atom.